The molecule has 0 spiro atoms. The number of ketones is 2. The fraction of sp³-hybridized carbons (Fsp3) is 0.333. The smallest absolute Gasteiger partial charge is 0.251 e. The Hall–Kier alpha value is -5.37. The highest BCUT2D eigenvalue weighted by Gasteiger charge is 2.23. The summed E-state index contributed by atoms with van der Waals surface area (Å²) in [5, 5.41) is 13.7. The summed E-state index contributed by atoms with van der Waals surface area (Å²) in [6, 6.07) is 15.1. The Bertz CT molecular complexity index is 1840. The second kappa shape index (κ2) is 25.7. The minimum atomic E-state index is -0.935. The molecular weight excluding hydrogens is 778 g/mol. The van der Waals surface area contributed by atoms with Crippen molar-refractivity contribution < 1.29 is 55.4 Å². The number of halogens is 7. The monoisotopic (exact) mass is 822 g/mol. The van der Waals surface area contributed by atoms with Gasteiger partial charge in [-0.1, -0.05) is 64.5 Å². The van der Waals surface area contributed by atoms with Gasteiger partial charge in [0.05, 0.1) is 18.0 Å². The number of phenols is 1. The molecule has 4 aromatic rings. The van der Waals surface area contributed by atoms with Crippen LogP contribution in [0.15, 0.2) is 84.9 Å². The Labute approximate surface area is 332 Å². The van der Waals surface area contributed by atoms with Crippen molar-refractivity contribution in [2.24, 2.45) is 0 Å². The van der Waals surface area contributed by atoms with Crippen LogP contribution in [-0.4, -0.2) is 53.1 Å². The number of rotatable bonds is 18. The number of hydrogen-bond donors (Lipinski definition) is 3. The molecule has 0 aliphatic rings. The highest BCUT2D eigenvalue weighted by Crippen LogP contribution is 2.21. The van der Waals surface area contributed by atoms with Gasteiger partial charge in [-0.3, -0.25) is 19.2 Å². The fourth-order valence-electron chi connectivity index (χ4n) is 4.96. The van der Waals surface area contributed by atoms with Crippen LogP contribution < -0.4 is 15.4 Å². The van der Waals surface area contributed by atoms with Crippen molar-refractivity contribution in [3.05, 3.63) is 131 Å². The molecule has 0 aliphatic carbocycles. The zero-order valence-corrected chi connectivity index (χ0v) is 32.2. The molecule has 308 valence electrons. The lowest BCUT2D eigenvalue weighted by Gasteiger charge is -2.18. The molecular formula is C42H45ClF6N2O6. The molecule has 0 aliphatic heterocycles. The zero-order chi connectivity index (χ0) is 42.3. The zero-order valence-electron chi connectivity index (χ0n) is 31.4. The topological polar surface area (TPSA) is 122 Å². The van der Waals surface area contributed by atoms with Crippen LogP contribution >= 0.6 is 11.6 Å². The maximum absolute atomic E-state index is 13.6. The first-order valence-corrected chi connectivity index (χ1v) is 18.7. The van der Waals surface area contributed by atoms with E-state index in [9.17, 15) is 45.5 Å². The van der Waals surface area contributed by atoms with Crippen molar-refractivity contribution in [1.82, 2.24) is 10.6 Å². The first kappa shape index (κ1) is 47.8. The number of Topliss-reactive ketones (excluding diaryl/α,β-unsaturated/α-hetero) is 2. The van der Waals surface area contributed by atoms with Gasteiger partial charge in [-0.2, -0.15) is 0 Å². The van der Waals surface area contributed by atoms with Crippen molar-refractivity contribution in [3.63, 3.8) is 0 Å². The van der Waals surface area contributed by atoms with E-state index in [1.165, 1.54) is 48.5 Å². The number of hydrogen-bond acceptors (Lipinski definition) is 6. The van der Waals surface area contributed by atoms with Gasteiger partial charge in [0, 0.05) is 11.1 Å². The molecule has 0 radical (unpaired) electrons. The standard InChI is InChI=1S/C21H22F3NO3.C15H19ClFNO2.C6H4F2O/c1-2-3-4-8-18(25-21(27)14-9-11-15(22)12-10-14)19(26)13-28-20-16(23)6-5-7-17(20)24;1-2-3-4-5-13(14(19)10-16)18-15(20)11-6-8-12(17)9-7-11;7-4-2-1-3-5(8)6(4)9/h5-7,9-12,18H,2-4,8,13H2,1H3,(H,25,27);6-9,13H,2-5,10H2,1H3,(H,18,20);1-3,9H/t18-;13-;/m00./s1. The lowest BCUT2D eigenvalue weighted by atomic mass is 10.0. The SMILES string of the molecule is CCCCC[C@H](NC(=O)c1ccc(F)cc1)C(=O)CCl.CCCCC[C@H](NC(=O)c1ccc(F)cc1)C(=O)COc1c(F)cccc1F.Oc1c(F)cccc1F. The third-order valence-electron chi connectivity index (χ3n) is 8.14. The second-order valence-electron chi connectivity index (χ2n) is 12.5. The van der Waals surface area contributed by atoms with Gasteiger partial charge in [-0.15, -0.1) is 11.6 Å². The van der Waals surface area contributed by atoms with Gasteiger partial charge in [0.15, 0.2) is 46.3 Å². The highest BCUT2D eigenvalue weighted by molar-refractivity contribution is 6.28. The van der Waals surface area contributed by atoms with Gasteiger partial charge in [0.1, 0.15) is 18.2 Å². The summed E-state index contributed by atoms with van der Waals surface area (Å²) in [4.78, 5) is 48.6. The van der Waals surface area contributed by atoms with Crippen LogP contribution in [0.2, 0.25) is 0 Å². The average molecular weight is 823 g/mol. The molecule has 8 nitrogen and oxygen atoms in total. The van der Waals surface area contributed by atoms with E-state index in [1.807, 2.05) is 6.92 Å². The largest absolute Gasteiger partial charge is 0.503 e. The van der Waals surface area contributed by atoms with Crippen molar-refractivity contribution in [3.8, 4) is 11.5 Å². The van der Waals surface area contributed by atoms with E-state index in [4.69, 9.17) is 21.4 Å². The maximum atomic E-state index is 13.6. The molecule has 0 heterocycles. The highest BCUT2D eigenvalue weighted by atomic mass is 35.5. The summed E-state index contributed by atoms with van der Waals surface area (Å²) in [7, 11) is 0. The summed E-state index contributed by atoms with van der Waals surface area (Å²) in [5.74, 6) is -7.87. The van der Waals surface area contributed by atoms with Crippen LogP contribution in [0.1, 0.15) is 85.9 Å². The molecule has 0 fully saturated rings. The first-order chi connectivity index (χ1) is 27.2. The second-order valence-corrected chi connectivity index (χ2v) is 12.8. The number of carbonyl (C=O) groups excluding carboxylic acids is 4. The lowest BCUT2D eigenvalue weighted by molar-refractivity contribution is -0.123. The third-order valence-corrected chi connectivity index (χ3v) is 8.40. The molecule has 0 unspecified atom stereocenters. The molecule has 15 heteroatoms. The first-order valence-electron chi connectivity index (χ1n) is 18.2. The maximum Gasteiger partial charge on any atom is 0.251 e. The van der Waals surface area contributed by atoms with E-state index in [0.717, 1.165) is 68.5 Å². The number of benzene rings is 4. The minimum Gasteiger partial charge on any atom is -0.503 e. The van der Waals surface area contributed by atoms with Gasteiger partial charge in [-0.25, -0.2) is 26.3 Å². The Kier molecular flexibility index (Phi) is 21.6. The molecule has 0 aromatic heterocycles. The number of carbonyl (C=O) groups is 4. The molecule has 4 rings (SSSR count). The van der Waals surface area contributed by atoms with E-state index in [2.05, 4.69) is 17.6 Å². The van der Waals surface area contributed by atoms with Crippen LogP contribution in [0.3, 0.4) is 0 Å². The van der Waals surface area contributed by atoms with Crippen LogP contribution in [-0.2, 0) is 9.59 Å². The van der Waals surface area contributed by atoms with Gasteiger partial charge < -0.3 is 20.5 Å². The molecule has 0 bridgehead atoms. The van der Waals surface area contributed by atoms with E-state index >= 15 is 0 Å². The predicted molar refractivity (Wildman–Crippen MR) is 204 cm³/mol. The summed E-state index contributed by atoms with van der Waals surface area (Å²) in [6.07, 6.45) is 6.29. The summed E-state index contributed by atoms with van der Waals surface area (Å²) < 4.78 is 82.3. The number of para-hydroxylation sites is 2. The Morgan fingerprint density at radius 1 is 0.596 bits per heavy atom. The van der Waals surface area contributed by atoms with Crippen LogP contribution in [0, 0.1) is 34.9 Å². The predicted octanol–water partition coefficient (Wildman–Crippen LogP) is 9.41. The summed E-state index contributed by atoms with van der Waals surface area (Å²) in [6.45, 7) is 3.48. The van der Waals surface area contributed by atoms with Gasteiger partial charge in [0.25, 0.3) is 11.8 Å². The van der Waals surface area contributed by atoms with Gasteiger partial charge in [0.2, 0.25) is 0 Å². The Morgan fingerprint density at radius 3 is 1.35 bits per heavy atom. The Balaban J connectivity index is 0.000000334. The molecule has 3 N–H and O–H groups in total. The fourth-order valence-corrected chi connectivity index (χ4v) is 5.14. The number of nitrogens with one attached hydrogen (secondary N) is 2. The number of aromatic hydroxyl groups is 1. The van der Waals surface area contributed by atoms with E-state index < -0.39 is 76.8 Å². The van der Waals surface area contributed by atoms with Crippen molar-refractivity contribution in [2.75, 3.05) is 12.5 Å². The van der Waals surface area contributed by atoms with Crippen molar-refractivity contribution in [1.29, 1.82) is 0 Å². The van der Waals surface area contributed by atoms with Crippen LogP contribution in [0.5, 0.6) is 11.5 Å². The summed E-state index contributed by atoms with van der Waals surface area (Å²) in [5.41, 5.74) is 0.532. The number of alkyl halides is 1. The normalized spacial score (nSPS) is 11.5. The number of phenolic OH excluding ortho intramolecular Hbond substituents is 1. The van der Waals surface area contributed by atoms with Crippen LogP contribution in [0.4, 0.5) is 26.3 Å². The van der Waals surface area contributed by atoms with E-state index in [-0.39, 0.29) is 23.1 Å². The molecule has 4 aromatic carbocycles. The van der Waals surface area contributed by atoms with Crippen molar-refractivity contribution in [2.45, 2.75) is 77.3 Å². The van der Waals surface area contributed by atoms with Crippen LogP contribution in [0.25, 0.3) is 0 Å². The molecule has 2 amide bonds. The average Bonchev–Trinajstić information content (AvgIpc) is 3.19. The minimum absolute atomic E-state index is 0.125. The van der Waals surface area contributed by atoms with Gasteiger partial charge in [-0.05, 0) is 85.6 Å². The quantitative estimate of drug-likeness (QED) is 0.0523. The molecule has 2 atom stereocenters. The number of ether oxygens (including phenoxy) is 1. The number of amides is 2. The molecule has 0 saturated heterocycles. The third kappa shape index (κ3) is 17.1. The molecule has 0 saturated carbocycles. The molecule has 57 heavy (non-hydrogen) atoms. The van der Waals surface area contributed by atoms with E-state index in [0.29, 0.717) is 24.8 Å². The van der Waals surface area contributed by atoms with Gasteiger partial charge >= 0.3 is 0 Å². The lowest BCUT2D eigenvalue weighted by Crippen LogP contribution is -2.43. The summed E-state index contributed by atoms with van der Waals surface area (Å²) >= 11 is 5.56. The van der Waals surface area contributed by atoms with E-state index in [1.54, 1.807) is 0 Å². The number of unbranched alkanes of at least 4 members (excludes halogenated alkanes) is 4. The Morgan fingerprint density at radius 2 is 0.982 bits per heavy atom. The van der Waals surface area contributed by atoms with Crippen molar-refractivity contribution >= 4 is 35.0 Å².